The Morgan fingerprint density at radius 2 is 2.16 bits per heavy atom. The number of amides is 1. The maximum atomic E-state index is 12.7. The van der Waals surface area contributed by atoms with Crippen molar-refractivity contribution in [2.24, 2.45) is 0 Å². The normalized spacial score (nSPS) is 10.7. The molecule has 0 aromatic heterocycles. The smallest absolute Gasteiger partial charge is 0.267 e. The molecule has 0 saturated carbocycles. The van der Waals surface area contributed by atoms with Gasteiger partial charge in [-0.1, -0.05) is 0 Å². The van der Waals surface area contributed by atoms with Crippen molar-refractivity contribution in [3.8, 4) is 6.07 Å². The van der Waals surface area contributed by atoms with Gasteiger partial charge in [0, 0.05) is 25.5 Å². The Morgan fingerprint density at radius 3 is 2.74 bits per heavy atom. The van der Waals surface area contributed by atoms with Crippen LogP contribution < -0.4 is 10.6 Å². The fourth-order valence-corrected chi connectivity index (χ4v) is 1.22. The van der Waals surface area contributed by atoms with Crippen LogP contribution in [0.1, 0.15) is 0 Å². The molecule has 2 N–H and O–H groups in total. The van der Waals surface area contributed by atoms with E-state index in [0.717, 1.165) is 0 Å². The first-order valence-electron chi connectivity index (χ1n) is 5.57. The van der Waals surface area contributed by atoms with Crippen LogP contribution in [0.25, 0.3) is 0 Å². The Balaban J connectivity index is 2.59. The Morgan fingerprint density at radius 1 is 1.47 bits per heavy atom. The van der Waals surface area contributed by atoms with E-state index in [1.807, 2.05) is 0 Å². The molecule has 0 heterocycles. The van der Waals surface area contributed by atoms with Crippen molar-refractivity contribution in [1.82, 2.24) is 5.32 Å². The van der Waals surface area contributed by atoms with Gasteiger partial charge in [0.1, 0.15) is 17.5 Å². The number of methoxy groups -OCH3 is 1. The number of benzene rings is 1. The molecule has 0 fully saturated rings. The van der Waals surface area contributed by atoms with Crippen molar-refractivity contribution in [2.75, 3.05) is 25.6 Å². The molecule has 0 unspecified atom stereocenters. The molecule has 0 atom stereocenters. The SMILES string of the molecule is COCCN/C=C(/C#N)C(=O)Nc1ccc(F)cc1. The molecule has 1 amide bonds. The molecule has 1 rings (SSSR count). The lowest BCUT2D eigenvalue weighted by atomic mass is 10.2. The average Bonchev–Trinajstić information content (AvgIpc) is 2.41. The summed E-state index contributed by atoms with van der Waals surface area (Å²) in [6.07, 6.45) is 1.32. The van der Waals surface area contributed by atoms with E-state index in [0.29, 0.717) is 18.8 Å². The summed E-state index contributed by atoms with van der Waals surface area (Å²) in [7, 11) is 1.55. The lowest BCUT2D eigenvalue weighted by Crippen LogP contribution is -2.18. The number of carbonyl (C=O) groups excluding carboxylic acids is 1. The third-order valence-electron chi connectivity index (χ3n) is 2.16. The van der Waals surface area contributed by atoms with Crippen LogP contribution in [0.3, 0.4) is 0 Å². The van der Waals surface area contributed by atoms with Gasteiger partial charge in [0.2, 0.25) is 0 Å². The summed E-state index contributed by atoms with van der Waals surface area (Å²) in [5, 5.41) is 14.1. The predicted molar refractivity (Wildman–Crippen MR) is 68.6 cm³/mol. The van der Waals surface area contributed by atoms with Crippen molar-refractivity contribution in [1.29, 1.82) is 5.26 Å². The fraction of sp³-hybridized carbons (Fsp3) is 0.231. The zero-order valence-electron chi connectivity index (χ0n) is 10.4. The third kappa shape index (κ3) is 5.19. The summed E-state index contributed by atoms with van der Waals surface area (Å²) in [5.74, 6) is -0.950. The number of anilines is 1. The number of hydrogen-bond donors (Lipinski definition) is 2. The van der Waals surface area contributed by atoms with Crippen LogP contribution in [-0.4, -0.2) is 26.2 Å². The number of nitrogens with zero attached hydrogens (tertiary/aromatic N) is 1. The van der Waals surface area contributed by atoms with E-state index >= 15 is 0 Å². The summed E-state index contributed by atoms with van der Waals surface area (Å²) in [4.78, 5) is 11.7. The minimum absolute atomic E-state index is 0.0690. The lowest BCUT2D eigenvalue weighted by molar-refractivity contribution is -0.112. The van der Waals surface area contributed by atoms with E-state index in [1.54, 1.807) is 13.2 Å². The van der Waals surface area contributed by atoms with Gasteiger partial charge >= 0.3 is 0 Å². The van der Waals surface area contributed by atoms with Crippen LogP contribution in [0.5, 0.6) is 0 Å². The van der Waals surface area contributed by atoms with Crippen LogP contribution in [-0.2, 0) is 9.53 Å². The van der Waals surface area contributed by atoms with Crippen LogP contribution in [0.2, 0.25) is 0 Å². The summed E-state index contributed by atoms with van der Waals surface area (Å²) in [6.45, 7) is 0.959. The highest BCUT2D eigenvalue weighted by molar-refractivity contribution is 6.06. The van der Waals surface area contributed by atoms with Gasteiger partial charge in [-0.15, -0.1) is 0 Å². The van der Waals surface area contributed by atoms with Gasteiger partial charge in [-0.2, -0.15) is 5.26 Å². The highest BCUT2D eigenvalue weighted by atomic mass is 19.1. The molecule has 5 nitrogen and oxygen atoms in total. The third-order valence-corrected chi connectivity index (χ3v) is 2.16. The Labute approximate surface area is 110 Å². The molecule has 6 heteroatoms. The quantitative estimate of drug-likeness (QED) is 0.462. The van der Waals surface area contributed by atoms with Gasteiger partial charge in [-0.3, -0.25) is 4.79 Å². The molecule has 0 aliphatic rings. The van der Waals surface area contributed by atoms with Crippen molar-refractivity contribution in [2.45, 2.75) is 0 Å². The second-order valence-electron chi connectivity index (χ2n) is 3.58. The number of ether oxygens (including phenoxy) is 1. The molecule has 1 aromatic carbocycles. The van der Waals surface area contributed by atoms with Crippen LogP contribution in [0, 0.1) is 17.1 Å². The van der Waals surface area contributed by atoms with E-state index in [1.165, 1.54) is 30.5 Å². The minimum atomic E-state index is -0.556. The number of halogens is 1. The standard InChI is InChI=1S/C13H14FN3O2/c1-19-7-6-16-9-10(8-15)13(18)17-12-4-2-11(14)3-5-12/h2-5,9,16H,6-7H2,1H3,(H,17,18)/b10-9-. The van der Waals surface area contributed by atoms with Gasteiger partial charge < -0.3 is 15.4 Å². The summed E-state index contributed by atoms with van der Waals surface area (Å²) < 4.78 is 17.5. The topological polar surface area (TPSA) is 74.1 Å². The molecule has 0 saturated heterocycles. The Bertz CT molecular complexity index is 492. The predicted octanol–water partition coefficient (Wildman–Crippen LogP) is 1.41. The van der Waals surface area contributed by atoms with Gasteiger partial charge in [-0.05, 0) is 24.3 Å². The van der Waals surface area contributed by atoms with Crippen LogP contribution in [0.4, 0.5) is 10.1 Å². The molecule has 0 aliphatic carbocycles. The largest absolute Gasteiger partial charge is 0.387 e. The molecule has 0 radical (unpaired) electrons. The Kier molecular flexibility index (Phi) is 6.06. The lowest BCUT2D eigenvalue weighted by Gasteiger charge is -2.04. The van der Waals surface area contributed by atoms with Gasteiger partial charge in [0.25, 0.3) is 5.91 Å². The van der Waals surface area contributed by atoms with E-state index in [-0.39, 0.29) is 5.57 Å². The first-order valence-corrected chi connectivity index (χ1v) is 5.57. The zero-order chi connectivity index (χ0) is 14.1. The molecule has 1 aromatic rings. The summed E-state index contributed by atoms with van der Waals surface area (Å²) in [6, 6.07) is 7.07. The molecule has 0 aliphatic heterocycles. The van der Waals surface area contributed by atoms with Gasteiger partial charge in [0.05, 0.1) is 6.61 Å². The van der Waals surface area contributed by atoms with Crippen molar-refractivity contribution < 1.29 is 13.9 Å². The molecular weight excluding hydrogens is 249 g/mol. The highest BCUT2D eigenvalue weighted by Crippen LogP contribution is 2.09. The molecule has 19 heavy (non-hydrogen) atoms. The molecular formula is C13H14FN3O2. The van der Waals surface area contributed by atoms with Crippen molar-refractivity contribution in [3.63, 3.8) is 0 Å². The number of hydrogen-bond acceptors (Lipinski definition) is 4. The number of nitrogens with one attached hydrogen (secondary N) is 2. The van der Waals surface area contributed by atoms with E-state index in [9.17, 15) is 9.18 Å². The molecule has 100 valence electrons. The average molecular weight is 263 g/mol. The Hall–Kier alpha value is -2.39. The second kappa shape index (κ2) is 7.84. The zero-order valence-corrected chi connectivity index (χ0v) is 10.4. The van der Waals surface area contributed by atoms with Crippen molar-refractivity contribution in [3.05, 3.63) is 41.9 Å². The first kappa shape index (κ1) is 14.7. The summed E-state index contributed by atoms with van der Waals surface area (Å²) in [5.41, 5.74) is 0.352. The van der Waals surface area contributed by atoms with E-state index in [2.05, 4.69) is 10.6 Å². The monoisotopic (exact) mass is 263 g/mol. The fourth-order valence-electron chi connectivity index (χ4n) is 1.22. The van der Waals surface area contributed by atoms with E-state index in [4.69, 9.17) is 10.00 Å². The molecule has 0 bridgehead atoms. The minimum Gasteiger partial charge on any atom is -0.387 e. The first-order chi connectivity index (χ1) is 9.17. The number of rotatable bonds is 6. The highest BCUT2D eigenvalue weighted by Gasteiger charge is 2.08. The maximum Gasteiger partial charge on any atom is 0.267 e. The summed E-state index contributed by atoms with van der Waals surface area (Å²) >= 11 is 0. The van der Waals surface area contributed by atoms with Crippen LogP contribution in [0.15, 0.2) is 36.0 Å². The number of nitriles is 1. The van der Waals surface area contributed by atoms with Crippen LogP contribution >= 0.6 is 0 Å². The van der Waals surface area contributed by atoms with Gasteiger partial charge in [0.15, 0.2) is 0 Å². The van der Waals surface area contributed by atoms with Gasteiger partial charge in [-0.25, -0.2) is 4.39 Å². The van der Waals surface area contributed by atoms with Crippen molar-refractivity contribution >= 4 is 11.6 Å². The second-order valence-corrected chi connectivity index (χ2v) is 3.58. The number of carbonyl (C=O) groups is 1. The molecule has 0 spiro atoms. The maximum absolute atomic E-state index is 12.7. The van der Waals surface area contributed by atoms with E-state index < -0.39 is 11.7 Å².